The van der Waals surface area contributed by atoms with Crippen LogP contribution < -0.4 is 0 Å². The van der Waals surface area contributed by atoms with E-state index < -0.39 is 6.10 Å². The molecule has 0 heterocycles. The summed E-state index contributed by atoms with van der Waals surface area (Å²) in [6, 6.07) is 17.1. The van der Waals surface area contributed by atoms with E-state index in [1.165, 1.54) is 72.9 Å². The summed E-state index contributed by atoms with van der Waals surface area (Å²) in [5.74, 6) is 0. The van der Waals surface area contributed by atoms with Crippen LogP contribution in [0, 0.1) is 0 Å². The summed E-state index contributed by atoms with van der Waals surface area (Å²) in [5, 5.41) is 16.0. The fraction of sp³-hybridized carbons (Fsp3) is 0.500. The number of aliphatic hydroxyl groups is 1. The van der Waals surface area contributed by atoms with Crippen LogP contribution in [0.3, 0.4) is 0 Å². The van der Waals surface area contributed by atoms with Gasteiger partial charge in [0.1, 0.15) is 0 Å². The van der Waals surface area contributed by atoms with Crippen molar-refractivity contribution in [2.45, 2.75) is 71.3 Å². The van der Waals surface area contributed by atoms with E-state index in [4.69, 9.17) is 0 Å². The number of fused-ring (bicyclic) bond motifs is 3. The van der Waals surface area contributed by atoms with E-state index in [1.54, 1.807) is 0 Å². The van der Waals surface area contributed by atoms with Crippen molar-refractivity contribution in [2.24, 2.45) is 0 Å². The van der Waals surface area contributed by atoms with Gasteiger partial charge < -0.3 is 10.0 Å². The molecule has 1 N–H and O–H groups in total. The molecule has 0 amide bonds. The molecule has 0 spiro atoms. The van der Waals surface area contributed by atoms with E-state index in [9.17, 15) is 5.11 Å². The van der Waals surface area contributed by atoms with Gasteiger partial charge in [0.15, 0.2) is 0 Å². The van der Waals surface area contributed by atoms with Crippen LogP contribution in [0.5, 0.6) is 0 Å². The molecule has 0 aliphatic carbocycles. The van der Waals surface area contributed by atoms with Crippen molar-refractivity contribution in [3.63, 3.8) is 0 Å². The highest BCUT2D eigenvalue weighted by Crippen LogP contribution is 2.33. The van der Waals surface area contributed by atoms with Crippen LogP contribution in [0.25, 0.3) is 21.5 Å². The predicted octanol–water partition coefficient (Wildman–Crippen LogP) is 8.25. The van der Waals surface area contributed by atoms with E-state index in [2.05, 4.69) is 83.2 Å². The lowest BCUT2D eigenvalue weighted by atomic mass is 9.98. The molecule has 0 radical (unpaired) electrons. The number of halogens is 1. The standard InChI is InChI=1S/C28H38BrNO/c1-3-5-7-11-17-30(18-12-8-6-4-2)21-28(31)23-16-15-22-20-27(29)25-14-10-9-13-24(25)26(22)19-23/h9-10,13-16,19-20,28,31H,3-8,11-12,17-18,21H2,1-2H3. The molecule has 0 aromatic heterocycles. The molecule has 0 aliphatic heterocycles. The maximum atomic E-state index is 11.1. The Morgan fingerprint density at radius 1 is 0.774 bits per heavy atom. The van der Waals surface area contributed by atoms with Gasteiger partial charge >= 0.3 is 0 Å². The van der Waals surface area contributed by atoms with E-state index >= 15 is 0 Å². The van der Waals surface area contributed by atoms with Crippen LogP contribution in [-0.2, 0) is 0 Å². The number of rotatable bonds is 13. The molecular weight excluding hydrogens is 446 g/mol. The normalized spacial score (nSPS) is 12.8. The van der Waals surface area contributed by atoms with Gasteiger partial charge in [-0.25, -0.2) is 0 Å². The minimum atomic E-state index is -0.454. The quantitative estimate of drug-likeness (QED) is 0.195. The van der Waals surface area contributed by atoms with Gasteiger partial charge in [0, 0.05) is 11.0 Å². The van der Waals surface area contributed by atoms with Gasteiger partial charge in [-0.15, -0.1) is 0 Å². The minimum Gasteiger partial charge on any atom is -0.387 e. The van der Waals surface area contributed by atoms with E-state index in [0.717, 1.165) is 29.7 Å². The van der Waals surface area contributed by atoms with Gasteiger partial charge in [-0.05, 0) is 65.2 Å². The summed E-state index contributed by atoms with van der Waals surface area (Å²) in [6.45, 7) is 7.42. The van der Waals surface area contributed by atoms with Crippen LogP contribution in [0.4, 0.5) is 0 Å². The van der Waals surface area contributed by atoms with Crippen LogP contribution in [0.1, 0.15) is 76.9 Å². The number of nitrogens with zero attached hydrogens (tertiary/aromatic N) is 1. The van der Waals surface area contributed by atoms with Crippen molar-refractivity contribution in [1.82, 2.24) is 4.90 Å². The third-order valence-electron chi connectivity index (χ3n) is 6.31. The molecule has 0 saturated heterocycles. The second-order valence-electron chi connectivity index (χ2n) is 8.82. The first-order valence-electron chi connectivity index (χ1n) is 12.1. The molecule has 0 bridgehead atoms. The lowest BCUT2D eigenvalue weighted by Gasteiger charge is -2.25. The smallest absolute Gasteiger partial charge is 0.0917 e. The van der Waals surface area contributed by atoms with Crippen LogP contribution in [0.2, 0.25) is 0 Å². The first kappa shape index (κ1) is 24.2. The second kappa shape index (κ2) is 12.6. The Morgan fingerprint density at radius 2 is 1.42 bits per heavy atom. The summed E-state index contributed by atoms with van der Waals surface area (Å²) in [7, 11) is 0. The van der Waals surface area contributed by atoms with Crippen molar-refractivity contribution in [3.8, 4) is 0 Å². The van der Waals surface area contributed by atoms with Crippen LogP contribution in [0.15, 0.2) is 53.0 Å². The number of hydrogen-bond acceptors (Lipinski definition) is 2. The maximum Gasteiger partial charge on any atom is 0.0917 e. The van der Waals surface area contributed by atoms with Gasteiger partial charge in [-0.2, -0.15) is 0 Å². The largest absolute Gasteiger partial charge is 0.387 e. The maximum absolute atomic E-state index is 11.1. The van der Waals surface area contributed by atoms with E-state index in [1.807, 2.05) is 0 Å². The fourth-order valence-electron chi connectivity index (χ4n) is 4.45. The topological polar surface area (TPSA) is 23.5 Å². The molecule has 3 heteroatoms. The van der Waals surface area contributed by atoms with Crippen LogP contribution >= 0.6 is 15.9 Å². The van der Waals surface area contributed by atoms with Gasteiger partial charge in [0.2, 0.25) is 0 Å². The molecule has 0 aliphatic rings. The zero-order chi connectivity index (χ0) is 22.1. The Morgan fingerprint density at radius 3 is 2.06 bits per heavy atom. The molecule has 31 heavy (non-hydrogen) atoms. The zero-order valence-corrected chi connectivity index (χ0v) is 20.8. The Hall–Kier alpha value is -1.42. The van der Waals surface area contributed by atoms with Crippen molar-refractivity contribution < 1.29 is 5.11 Å². The Bertz CT molecular complexity index is 942. The molecule has 0 fully saturated rings. The summed E-state index contributed by atoms with van der Waals surface area (Å²) in [5.41, 5.74) is 1.02. The van der Waals surface area contributed by atoms with E-state index in [-0.39, 0.29) is 0 Å². The van der Waals surface area contributed by atoms with Gasteiger partial charge in [0.25, 0.3) is 0 Å². The van der Waals surface area contributed by atoms with Gasteiger partial charge in [0.05, 0.1) is 6.10 Å². The van der Waals surface area contributed by atoms with Crippen molar-refractivity contribution in [2.75, 3.05) is 19.6 Å². The molecule has 1 unspecified atom stereocenters. The third kappa shape index (κ3) is 6.78. The zero-order valence-electron chi connectivity index (χ0n) is 19.2. The molecule has 3 aromatic carbocycles. The molecule has 3 rings (SSSR count). The average molecular weight is 485 g/mol. The Kier molecular flexibility index (Phi) is 9.83. The van der Waals surface area contributed by atoms with Crippen molar-refractivity contribution in [1.29, 1.82) is 0 Å². The van der Waals surface area contributed by atoms with Gasteiger partial charge in [-0.1, -0.05) is 105 Å². The SMILES string of the molecule is CCCCCCN(CCCCCC)CC(O)c1ccc2cc(Br)c3ccccc3c2c1. The fourth-order valence-corrected chi connectivity index (χ4v) is 5.04. The lowest BCUT2D eigenvalue weighted by Crippen LogP contribution is -2.31. The Balaban J connectivity index is 1.75. The average Bonchev–Trinajstić information content (AvgIpc) is 2.79. The summed E-state index contributed by atoms with van der Waals surface area (Å²) >= 11 is 3.71. The third-order valence-corrected chi connectivity index (χ3v) is 6.96. The lowest BCUT2D eigenvalue weighted by molar-refractivity contribution is 0.110. The molecule has 0 saturated carbocycles. The number of unbranched alkanes of at least 4 members (excludes halogenated alkanes) is 6. The summed E-state index contributed by atoms with van der Waals surface area (Å²) in [6.07, 6.45) is 9.71. The highest BCUT2D eigenvalue weighted by Gasteiger charge is 2.15. The minimum absolute atomic E-state index is 0.454. The highest BCUT2D eigenvalue weighted by atomic mass is 79.9. The summed E-state index contributed by atoms with van der Waals surface area (Å²) < 4.78 is 1.12. The molecule has 3 aromatic rings. The predicted molar refractivity (Wildman–Crippen MR) is 139 cm³/mol. The molecular formula is C28H38BrNO. The van der Waals surface area contributed by atoms with Gasteiger partial charge in [-0.3, -0.25) is 0 Å². The van der Waals surface area contributed by atoms with Crippen LogP contribution in [-0.4, -0.2) is 29.6 Å². The Labute approximate surface area is 196 Å². The monoisotopic (exact) mass is 483 g/mol. The number of benzene rings is 3. The van der Waals surface area contributed by atoms with Crippen molar-refractivity contribution >= 4 is 37.5 Å². The first-order chi connectivity index (χ1) is 15.1. The molecule has 168 valence electrons. The first-order valence-corrected chi connectivity index (χ1v) is 12.9. The summed E-state index contributed by atoms with van der Waals surface area (Å²) in [4.78, 5) is 2.49. The molecule has 1 atom stereocenters. The second-order valence-corrected chi connectivity index (χ2v) is 9.68. The van der Waals surface area contributed by atoms with E-state index in [0.29, 0.717) is 0 Å². The number of hydrogen-bond donors (Lipinski definition) is 1. The number of aliphatic hydroxyl groups excluding tert-OH is 1. The highest BCUT2D eigenvalue weighted by molar-refractivity contribution is 9.10. The molecule has 2 nitrogen and oxygen atoms in total. The van der Waals surface area contributed by atoms with Crippen molar-refractivity contribution in [3.05, 3.63) is 58.6 Å².